The Morgan fingerprint density at radius 3 is 2.54 bits per heavy atom. The number of piperidine rings is 1. The van der Waals surface area contributed by atoms with E-state index < -0.39 is 0 Å². The van der Waals surface area contributed by atoms with Gasteiger partial charge in [0.1, 0.15) is 5.82 Å². The van der Waals surface area contributed by atoms with Gasteiger partial charge in [-0.2, -0.15) is 0 Å². The van der Waals surface area contributed by atoms with Crippen LogP contribution in [0.1, 0.15) is 50.8 Å². The summed E-state index contributed by atoms with van der Waals surface area (Å²) in [5, 5.41) is 0. The number of nitrogens with zero attached hydrogens (tertiary/aromatic N) is 4. The molecule has 1 aromatic heterocycles. The molecule has 2 saturated heterocycles. The summed E-state index contributed by atoms with van der Waals surface area (Å²) in [5.41, 5.74) is -0.0449. The second kappa shape index (κ2) is 6.51. The van der Waals surface area contributed by atoms with Gasteiger partial charge in [0, 0.05) is 32.5 Å². The number of hydrogen-bond acceptors (Lipinski definition) is 3. The molecule has 132 valence electrons. The Labute approximate surface area is 145 Å². The van der Waals surface area contributed by atoms with Crippen LogP contribution < -0.4 is 0 Å². The normalized spacial score (nSPS) is 25.2. The summed E-state index contributed by atoms with van der Waals surface area (Å²) in [6, 6.07) is 0. The molecule has 24 heavy (non-hydrogen) atoms. The van der Waals surface area contributed by atoms with Crippen LogP contribution in [0.15, 0.2) is 12.4 Å². The molecule has 5 heteroatoms. The third kappa shape index (κ3) is 2.99. The molecule has 0 atom stereocenters. The molecule has 1 aliphatic carbocycles. The summed E-state index contributed by atoms with van der Waals surface area (Å²) < 4.78 is 2.09. The van der Waals surface area contributed by atoms with Crippen molar-refractivity contribution in [1.29, 1.82) is 0 Å². The van der Waals surface area contributed by atoms with Gasteiger partial charge < -0.3 is 9.47 Å². The molecule has 5 nitrogen and oxygen atoms in total. The lowest BCUT2D eigenvalue weighted by atomic mass is 9.77. The molecule has 1 aromatic rings. The molecule has 4 rings (SSSR count). The van der Waals surface area contributed by atoms with Gasteiger partial charge in [0.15, 0.2) is 0 Å². The zero-order chi connectivity index (χ0) is 16.6. The van der Waals surface area contributed by atoms with Crippen LogP contribution in [-0.2, 0) is 18.4 Å². The van der Waals surface area contributed by atoms with E-state index in [0.29, 0.717) is 5.91 Å². The van der Waals surface area contributed by atoms with Crippen molar-refractivity contribution < 1.29 is 4.79 Å². The summed E-state index contributed by atoms with van der Waals surface area (Å²) >= 11 is 0. The fourth-order valence-corrected chi connectivity index (χ4v) is 4.92. The Kier molecular flexibility index (Phi) is 4.37. The third-order valence-electron chi connectivity index (χ3n) is 6.65. The predicted octanol–water partition coefficient (Wildman–Crippen LogP) is 2.42. The number of aromatic nitrogens is 2. The Hall–Kier alpha value is -1.36. The lowest BCUT2D eigenvalue weighted by Crippen LogP contribution is -2.45. The summed E-state index contributed by atoms with van der Waals surface area (Å²) in [5.74, 6) is 2.35. The van der Waals surface area contributed by atoms with Crippen LogP contribution >= 0.6 is 0 Å². The molecule has 3 aliphatic rings. The molecular weight excluding hydrogens is 300 g/mol. The highest BCUT2D eigenvalue weighted by atomic mass is 16.2. The van der Waals surface area contributed by atoms with Gasteiger partial charge in [-0.1, -0.05) is 12.8 Å². The van der Waals surface area contributed by atoms with Crippen molar-refractivity contribution in [3.05, 3.63) is 18.2 Å². The van der Waals surface area contributed by atoms with E-state index in [1.807, 2.05) is 12.4 Å². The molecule has 3 fully saturated rings. The molecule has 0 radical (unpaired) electrons. The van der Waals surface area contributed by atoms with Gasteiger partial charge in [-0.05, 0) is 51.1 Å². The van der Waals surface area contributed by atoms with E-state index in [1.54, 1.807) is 0 Å². The maximum Gasteiger partial charge on any atom is 0.228 e. The largest absolute Gasteiger partial charge is 0.342 e. The number of amides is 1. The smallest absolute Gasteiger partial charge is 0.228 e. The van der Waals surface area contributed by atoms with Crippen LogP contribution in [0.4, 0.5) is 0 Å². The first kappa shape index (κ1) is 16.1. The minimum Gasteiger partial charge on any atom is -0.342 e. The average molecular weight is 330 g/mol. The van der Waals surface area contributed by atoms with Crippen molar-refractivity contribution in [2.24, 2.45) is 18.4 Å². The van der Waals surface area contributed by atoms with Crippen molar-refractivity contribution in [3.63, 3.8) is 0 Å². The van der Waals surface area contributed by atoms with E-state index in [9.17, 15) is 4.79 Å². The quantitative estimate of drug-likeness (QED) is 0.851. The second-order valence-electron chi connectivity index (χ2n) is 8.16. The van der Waals surface area contributed by atoms with E-state index in [-0.39, 0.29) is 5.41 Å². The van der Waals surface area contributed by atoms with Crippen LogP contribution in [-0.4, -0.2) is 51.4 Å². The first-order chi connectivity index (χ1) is 11.7. The Morgan fingerprint density at radius 2 is 1.88 bits per heavy atom. The number of hydrogen-bond donors (Lipinski definition) is 0. The summed E-state index contributed by atoms with van der Waals surface area (Å²) in [7, 11) is 2.05. The molecule has 2 aliphatic heterocycles. The maximum absolute atomic E-state index is 13.0. The first-order valence-electron chi connectivity index (χ1n) is 9.64. The van der Waals surface area contributed by atoms with Gasteiger partial charge >= 0.3 is 0 Å². The minimum atomic E-state index is -0.0449. The Bertz CT molecular complexity index is 582. The highest BCUT2D eigenvalue weighted by Crippen LogP contribution is 2.42. The van der Waals surface area contributed by atoms with E-state index >= 15 is 0 Å². The monoisotopic (exact) mass is 330 g/mol. The van der Waals surface area contributed by atoms with Gasteiger partial charge in [0.05, 0.1) is 12.0 Å². The van der Waals surface area contributed by atoms with Crippen molar-refractivity contribution in [1.82, 2.24) is 19.4 Å². The lowest BCUT2D eigenvalue weighted by Gasteiger charge is -2.38. The standard InChI is InChI=1S/C19H30N4O/c1-21-13-9-20-17(21)15-22-10-6-19(7-11-22)8-12-23(18(19)24)14-16-4-2-3-5-16/h9,13,16H,2-8,10-12,14-15H2,1H3. The van der Waals surface area contributed by atoms with Crippen molar-refractivity contribution in [2.45, 2.75) is 51.5 Å². The lowest BCUT2D eigenvalue weighted by molar-refractivity contribution is -0.139. The van der Waals surface area contributed by atoms with Gasteiger partial charge in [-0.25, -0.2) is 4.98 Å². The van der Waals surface area contributed by atoms with Gasteiger partial charge in [0.25, 0.3) is 0 Å². The predicted molar refractivity (Wildman–Crippen MR) is 93.3 cm³/mol. The molecular formula is C19H30N4O. The van der Waals surface area contributed by atoms with Gasteiger partial charge in [-0.15, -0.1) is 0 Å². The number of carbonyl (C=O) groups excluding carboxylic acids is 1. The fraction of sp³-hybridized carbons (Fsp3) is 0.789. The number of rotatable bonds is 4. The summed E-state index contributed by atoms with van der Waals surface area (Å²) in [6.45, 7) is 4.97. The Balaban J connectivity index is 1.33. The Morgan fingerprint density at radius 1 is 1.17 bits per heavy atom. The molecule has 0 N–H and O–H groups in total. The van der Waals surface area contributed by atoms with Gasteiger partial charge in [0.2, 0.25) is 5.91 Å². The van der Waals surface area contributed by atoms with Crippen LogP contribution in [0.2, 0.25) is 0 Å². The van der Waals surface area contributed by atoms with Crippen LogP contribution in [0.25, 0.3) is 0 Å². The number of aryl methyl sites for hydroxylation is 1. The zero-order valence-electron chi connectivity index (χ0n) is 14.9. The number of likely N-dealkylation sites (tertiary alicyclic amines) is 2. The molecule has 1 saturated carbocycles. The summed E-state index contributed by atoms with van der Waals surface area (Å²) in [4.78, 5) is 22.1. The van der Waals surface area contributed by atoms with Crippen LogP contribution in [0.5, 0.6) is 0 Å². The van der Waals surface area contributed by atoms with Crippen LogP contribution in [0, 0.1) is 11.3 Å². The number of carbonyl (C=O) groups is 1. The average Bonchev–Trinajstić information content (AvgIpc) is 3.30. The third-order valence-corrected chi connectivity index (χ3v) is 6.65. The number of imidazole rings is 1. The molecule has 0 bridgehead atoms. The fourth-order valence-electron chi connectivity index (χ4n) is 4.92. The SMILES string of the molecule is Cn1ccnc1CN1CCC2(CC1)CCN(CC1CCCC1)C2=O. The molecule has 0 unspecified atom stereocenters. The van der Waals surface area contributed by atoms with Gasteiger partial charge in [-0.3, -0.25) is 9.69 Å². The van der Waals surface area contributed by atoms with E-state index in [4.69, 9.17) is 0 Å². The van der Waals surface area contributed by atoms with E-state index in [2.05, 4.69) is 26.4 Å². The first-order valence-corrected chi connectivity index (χ1v) is 9.64. The molecule has 3 heterocycles. The highest BCUT2D eigenvalue weighted by Gasteiger charge is 2.48. The topological polar surface area (TPSA) is 41.4 Å². The van der Waals surface area contributed by atoms with Crippen molar-refractivity contribution in [3.8, 4) is 0 Å². The zero-order valence-corrected chi connectivity index (χ0v) is 14.9. The minimum absolute atomic E-state index is 0.0449. The summed E-state index contributed by atoms with van der Waals surface area (Å²) in [6.07, 6.45) is 12.4. The van der Waals surface area contributed by atoms with Crippen LogP contribution in [0.3, 0.4) is 0 Å². The van der Waals surface area contributed by atoms with E-state index in [0.717, 1.165) is 63.7 Å². The maximum atomic E-state index is 13.0. The highest BCUT2D eigenvalue weighted by molar-refractivity contribution is 5.85. The molecule has 1 amide bonds. The second-order valence-corrected chi connectivity index (χ2v) is 8.16. The van der Waals surface area contributed by atoms with E-state index in [1.165, 1.54) is 25.7 Å². The van der Waals surface area contributed by atoms with Crippen molar-refractivity contribution in [2.75, 3.05) is 26.2 Å². The molecule has 1 spiro atoms. The van der Waals surface area contributed by atoms with Crippen molar-refractivity contribution >= 4 is 5.91 Å². The molecule has 0 aromatic carbocycles.